The lowest BCUT2D eigenvalue weighted by atomic mass is 9.80. The number of rotatable bonds is 3. The summed E-state index contributed by atoms with van der Waals surface area (Å²) in [7, 11) is 0. The molecule has 1 aliphatic carbocycles. The quantitative estimate of drug-likeness (QED) is 0.667. The number of carbonyl (C=O) groups is 1. The van der Waals surface area contributed by atoms with Gasteiger partial charge in [-0.3, -0.25) is 4.79 Å². The second-order valence-electron chi connectivity index (χ2n) is 4.34. The topological polar surface area (TPSA) is 41.1 Å². The van der Waals surface area contributed by atoms with Crippen LogP contribution in [0.25, 0.3) is 0 Å². The molecule has 0 spiro atoms. The fraction of sp³-hybridized carbons (Fsp3) is 0.900. The highest BCUT2D eigenvalue weighted by Gasteiger charge is 2.29. The Labute approximate surface area is 79.3 Å². The van der Waals surface area contributed by atoms with Crippen LogP contribution in [-0.2, 0) is 4.79 Å². The van der Waals surface area contributed by atoms with Gasteiger partial charge >= 0.3 is 0 Å². The summed E-state index contributed by atoms with van der Waals surface area (Å²) in [6.45, 7) is 3.86. The van der Waals surface area contributed by atoms with Crippen molar-refractivity contribution >= 4 is 5.91 Å². The van der Waals surface area contributed by atoms with Crippen molar-refractivity contribution in [3.8, 4) is 0 Å². The van der Waals surface area contributed by atoms with E-state index < -0.39 is 0 Å². The smallest absolute Gasteiger partial charge is 0.225 e. The van der Waals surface area contributed by atoms with Crippen LogP contribution < -0.4 is 10.6 Å². The molecule has 13 heavy (non-hydrogen) atoms. The molecule has 0 aromatic rings. The average molecular weight is 182 g/mol. The molecule has 2 aliphatic rings. The fourth-order valence-corrected chi connectivity index (χ4v) is 1.87. The van der Waals surface area contributed by atoms with Crippen molar-refractivity contribution in [2.45, 2.75) is 32.2 Å². The van der Waals surface area contributed by atoms with Gasteiger partial charge in [0.25, 0.3) is 0 Å². The molecule has 2 fully saturated rings. The van der Waals surface area contributed by atoms with Gasteiger partial charge in [0, 0.05) is 19.1 Å². The second-order valence-corrected chi connectivity index (χ2v) is 4.34. The lowest BCUT2D eigenvalue weighted by molar-refractivity contribution is -0.127. The first-order valence-electron chi connectivity index (χ1n) is 5.28. The summed E-state index contributed by atoms with van der Waals surface area (Å²) in [6.07, 6.45) is 3.94. The molecule has 0 radical (unpaired) electrons. The third-order valence-corrected chi connectivity index (χ3v) is 3.38. The summed E-state index contributed by atoms with van der Waals surface area (Å²) in [5.41, 5.74) is 0. The molecule has 1 aliphatic heterocycles. The minimum Gasteiger partial charge on any atom is -0.353 e. The van der Waals surface area contributed by atoms with Gasteiger partial charge in [-0.15, -0.1) is 0 Å². The van der Waals surface area contributed by atoms with E-state index >= 15 is 0 Å². The molecule has 0 aromatic heterocycles. The van der Waals surface area contributed by atoms with Crippen LogP contribution in [0.5, 0.6) is 0 Å². The Morgan fingerprint density at radius 1 is 1.46 bits per heavy atom. The zero-order valence-electron chi connectivity index (χ0n) is 8.18. The molecule has 1 saturated heterocycles. The Bertz CT molecular complexity index is 197. The number of nitrogens with one attached hydrogen (secondary N) is 2. The maximum atomic E-state index is 11.5. The van der Waals surface area contributed by atoms with E-state index in [9.17, 15) is 4.79 Å². The Balaban J connectivity index is 1.72. The first kappa shape index (κ1) is 9.00. The standard InChI is InChI=1S/C10H18N2O/c1-7(8-3-2-4-8)12-10(13)9-5-11-6-9/h7-9,11H,2-6H2,1H3,(H,12,13). The molecule has 1 saturated carbocycles. The van der Waals surface area contributed by atoms with Gasteiger partial charge in [-0.2, -0.15) is 0 Å². The largest absolute Gasteiger partial charge is 0.353 e. The van der Waals surface area contributed by atoms with Crippen LogP contribution in [0.2, 0.25) is 0 Å². The lowest BCUT2D eigenvalue weighted by Gasteiger charge is -2.34. The molecule has 3 nitrogen and oxygen atoms in total. The van der Waals surface area contributed by atoms with E-state index in [0.717, 1.165) is 19.0 Å². The van der Waals surface area contributed by atoms with Crippen molar-refractivity contribution in [2.24, 2.45) is 11.8 Å². The molecular weight excluding hydrogens is 164 g/mol. The third-order valence-electron chi connectivity index (χ3n) is 3.38. The van der Waals surface area contributed by atoms with E-state index in [-0.39, 0.29) is 11.8 Å². The van der Waals surface area contributed by atoms with Gasteiger partial charge in [0.2, 0.25) is 5.91 Å². The second kappa shape index (κ2) is 3.66. The number of carbonyl (C=O) groups excluding carboxylic acids is 1. The lowest BCUT2D eigenvalue weighted by Crippen LogP contribution is -2.53. The highest BCUT2D eigenvalue weighted by atomic mass is 16.2. The van der Waals surface area contributed by atoms with Crippen LogP contribution in [0.1, 0.15) is 26.2 Å². The summed E-state index contributed by atoms with van der Waals surface area (Å²) in [6, 6.07) is 0.391. The van der Waals surface area contributed by atoms with E-state index in [4.69, 9.17) is 0 Å². The van der Waals surface area contributed by atoms with Crippen molar-refractivity contribution < 1.29 is 4.79 Å². The van der Waals surface area contributed by atoms with E-state index in [1.165, 1.54) is 19.3 Å². The van der Waals surface area contributed by atoms with Crippen molar-refractivity contribution in [3.63, 3.8) is 0 Å². The monoisotopic (exact) mass is 182 g/mol. The van der Waals surface area contributed by atoms with E-state index in [1.54, 1.807) is 0 Å². The molecule has 2 N–H and O–H groups in total. The zero-order valence-corrected chi connectivity index (χ0v) is 8.18. The van der Waals surface area contributed by atoms with Crippen LogP contribution in [-0.4, -0.2) is 25.0 Å². The van der Waals surface area contributed by atoms with Crippen LogP contribution in [0.15, 0.2) is 0 Å². The van der Waals surface area contributed by atoms with Crippen LogP contribution in [0, 0.1) is 11.8 Å². The van der Waals surface area contributed by atoms with E-state index in [1.807, 2.05) is 0 Å². The number of hydrogen-bond donors (Lipinski definition) is 2. The van der Waals surface area contributed by atoms with Crippen LogP contribution >= 0.6 is 0 Å². The first-order valence-corrected chi connectivity index (χ1v) is 5.28. The molecule has 1 unspecified atom stereocenters. The van der Waals surface area contributed by atoms with Gasteiger partial charge in [-0.1, -0.05) is 6.42 Å². The summed E-state index contributed by atoms with van der Waals surface area (Å²) >= 11 is 0. The zero-order chi connectivity index (χ0) is 9.26. The number of hydrogen-bond acceptors (Lipinski definition) is 2. The van der Waals surface area contributed by atoms with Gasteiger partial charge in [0.15, 0.2) is 0 Å². The molecule has 2 rings (SSSR count). The van der Waals surface area contributed by atoms with Crippen molar-refractivity contribution in [3.05, 3.63) is 0 Å². The summed E-state index contributed by atoms with van der Waals surface area (Å²) in [4.78, 5) is 11.5. The number of amides is 1. The maximum Gasteiger partial charge on any atom is 0.225 e. The summed E-state index contributed by atoms with van der Waals surface area (Å²) in [5.74, 6) is 1.23. The van der Waals surface area contributed by atoms with E-state index in [2.05, 4.69) is 17.6 Å². The minimum atomic E-state index is 0.238. The van der Waals surface area contributed by atoms with Crippen molar-refractivity contribution in [2.75, 3.05) is 13.1 Å². The van der Waals surface area contributed by atoms with Gasteiger partial charge in [0.05, 0.1) is 5.92 Å². The Hall–Kier alpha value is -0.570. The minimum absolute atomic E-state index is 0.238. The molecule has 0 aromatic carbocycles. The van der Waals surface area contributed by atoms with Gasteiger partial charge < -0.3 is 10.6 Å². The Kier molecular flexibility index (Phi) is 2.54. The molecule has 74 valence electrons. The molecular formula is C10H18N2O. The first-order chi connectivity index (χ1) is 6.27. The SMILES string of the molecule is CC(NC(=O)C1CNC1)C1CCC1. The predicted octanol–water partition coefficient (Wildman–Crippen LogP) is 0.511. The van der Waals surface area contributed by atoms with Crippen LogP contribution in [0.4, 0.5) is 0 Å². The molecule has 3 heteroatoms. The fourth-order valence-electron chi connectivity index (χ4n) is 1.87. The summed E-state index contributed by atoms with van der Waals surface area (Å²) in [5, 5.41) is 6.22. The Morgan fingerprint density at radius 3 is 2.54 bits per heavy atom. The summed E-state index contributed by atoms with van der Waals surface area (Å²) < 4.78 is 0. The van der Waals surface area contributed by atoms with Crippen molar-refractivity contribution in [1.29, 1.82) is 0 Å². The third kappa shape index (κ3) is 1.85. The highest BCUT2D eigenvalue weighted by molar-refractivity contribution is 5.80. The molecule has 1 atom stereocenters. The van der Waals surface area contributed by atoms with Gasteiger partial charge in [0.1, 0.15) is 0 Å². The maximum absolute atomic E-state index is 11.5. The predicted molar refractivity (Wildman–Crippen MR) is 51.3 cm³/mol. The normalized spacial score (nSPS) is 25.9. The highest BCUT2D eigenvalue weighted by Crippen LogP contribution is 2.29. The average Bonchev–Trinajstić information content (AvgIpc) is 1.76. The van der Waals surface area contributed by atoms with Crippen molar-refractivity contribution in [1.82, 2.24) is 10.6 Å². The Morgan fingerprint density at radius 2 is 2.15 bits per heavy atom. The van der Waals surface area contributed by atoms with Crippen LogP contribution in [0.3, 0.4) is 0 Å². The van der Waals surface area contributed by atoms with E-state index in [0.29, 0.717) is 6.04 Å². The molecule has 1 amide bonds. The van der Waals surface area contributed by atoms with Gasteiger partial charge in [-0.25, -0.2) is 0 Å². The molecule has 0 bridgehead atoms. The van der Waals surface area contributed by atoms with Gasteiger partial charge in [-0.05, 0) is 25.7 Å². The molecule has 1 heterocycles.